The first kappa shape index (κ1) is 18.4. The van der Waals surface area contributed by atoms with E-state index in [-0.39, 0.29) is 5.91 Å². The van der Waals surface area contributed by atoms with Crippen molar-refractivity contribution in [2.45, 2.75) is 63.9 Å². The Bertz CT molecular complexity index is 897. The maximum Gasteiger partial charge on any atom is 0.225 e. The molecular weight excluding hydrogens is 358 g/mol. The molecule has 0 spiro atoms. The molecule has 1 amide bonds. The summed E-state index contributed by atoms with van der Waals surface area (Å²) in [6.07, 6.45) is 6.60. The minimum Gasteiger partial charge on any atom is -0.310 e. The van der Waals surface area contributed by atoms with Gasteiger partial charge in [-0.3, -0.25) is 9.00 Å². The van der Waals surface area contributed by atoms with Gasteiger partial charge in [0.15, 0.2) is 0 Å². The van der Waals surface area contributed by atoms with Crippen molar-refractivity contribution in [3.05, 3.63) is 40.6 Å². The normalized spacial score (nSPS) is 19.4. The molecule has 144 valence electrons. The third kappa shape index (κ3) is 3.86. The summed E-state index contributed by atoms with van der Waals surface area (Å²) in [5, 5.41) is 7.80. The van der Waals surface area contributed by atoms with Crippen molar-refractivity contribution in [3.63, 3.8) is 0 Å². The Labute approximate surface area is 163 Å². The van der Waals surface area contributed by atoms with Gasteiger partial charge in [-0.05, 0) is 37.8 Å². The van der Waals surface area contributed by atoms with Crippen LogP contribution in [0.3, 0.4) is 0 Å². The molecule has 1 fully saturated rings. The Balaban J connectivity index is 1.60. The number of aromatic nitrogens is 2. The highest BCUT2D eigenvalue weighted by molar-refractivity contribution is 7.83. The minimum atomic E-state index is -0.920. The van der Waals surface area contributed by atoms with Crippen molar-refractivity contribution in [2.75, 3.05) is 5.32 Å². The molecule has 0 saturated heterocycles. The van der Waals surface area contributed by atoms with Crippen LogP contribution in [0.4, 0.5) is 5.82 Å². The predicted octanol–water partition coefficient (Wildman–Crippen LogP) is 4.16. The van der Waals surface area contributed by atoms with Crippen molar-refractivity contribution in [3.8, 4) is 5.69 Å². The lowest BCUT2D eigenvalue weighted by molar-refractivity contribution is -0.116. The van der Waals surface area contributed by atoms with Crippen LogP contribution >= 0.6 is 0 Å². The summed E-state index contributed by atoms with van der Waals surface area (Å²) in [7, 11) is -0.920. The SMILES string of the molecule is Cc1ccc(-n2nc3c(c2NC(=O)CCC2CCCC2)CS(=O)C3)c(C)c1. The molecule has 4 rings (SSSR count). The van der Waals surface area contributed by atoms with Crippen LogP contribution in [-0.4, -0.2) is 19.9 Å². The molecule has 1 N–H and O–H groups in total. The van der Waals surface area contributed by atoms with E-state index in [1.54, 1.807) is 0 Å². The average Bonchev–Trinajstić information content (AvgIpc) is 3.31. The molecule has 27 heavy (non-hydrogen) atoms. The van der Waals surface area contributed by atoms with E-state index in [0.29, 0.717) is 29.7 Å². The van der Waals surface area contributed by atoms with E-state index >= 15 is 0 Å². The molecule has 1 aromatic heterocycles. The summed E-state index contributed by atoms with van der Waals surface area (Å²) in [4.78, 5) is 12.6. The number of rotatable bonds is 5. The van der Waals surface area contributed by atoms with Gasteiger partial charge in [0.1, 0.15) is 5.82 Å². The topological polar surface area (TPSA) is 64.0 Å². The first-order valence-electron chi connectivity index (χ1n) is 9.84. The molecule has 1 unspecified atom stereocenters. The van der Waals surface area contributed by atoms with Crippen molar-refractivity contribution in [1.82, 2.24) is 9.78 Å². The number of benzene rings is 1. The van der Waals surface area contributed by atoms with E-state index in [4.69, 9.17) is 5.10 Å². The van der Waals surface area contributed by atoms with E-state index in [0.717, 1.165) is 28.9 Å². The van der Waals surface area contributed by atoms with Gasteiger partial charge in [0, 0.05) is 22.8 Å². The summed E-state index contributed by atoms with van der Waals surface area (Å²) >= 11 is 0. The predicted molar refractivity (Wildman–Crippen MR) is 108 cm³/mol. The van der Waals surface area contributed by atoms with E-state index in [2.05, 4.69) is 31.3 Å². The third-order valence-corrected chi connectivity index (χ3v) is 6.97. The zero-order valence-electron chi connectivity index (χ0n) is 16.1. The van der Waals surface area contributed by atoms with Crippen molar-refractivity contribution in [2.24, 2.45) is 5.92 Å². The maximum atomic E-state index is 12.6. The molecule has 1 aromatic carbocycles. The van der Waals surface area contributed by atoms with E-state index < -0.39 is 10.8 Å². The van der Waals surface area contributed by atoms with Crippen LogP contribution in [0.25, 0.3) is 5.69 Å². The van der Waals surface area contributed by atoms with Gasteiger partial charge in [0.2, 0.25) is 5.91 Å². The Kier molecular flexibility index (Phi) is 5.17. The summed E-state index contributed by atoms with van der Waals surface area (Å²) in [6, 6.07) is 6.21. The summed E-state index contributed by atoms with van der Waals surface area (Å²) < 4.78 is 13.8. The molecule has 1 atom stereocenters. The molecule has 1 aliphatic carbocycles. The molecule has 0 bridgehead atoms. The molecule has 0 radical (unpaired) electrons. The van der Waals surface area contributed by atoms with Crippen LogP contribution in [0.1, 0.15) is 60.9 Å². The van der Waals surface area contributed by atoms with Gasteiger partial charge in [0.25, 0.3) is 0 Å². The number of anilines is 1. The fourth-order valence-corrected chi connectivity index (χ4v) is 5.57. The summed E-state index contributed by atoms with van der Waals surface area (Å²) in [5.41, 5.74) is 5.05. The van der Waals surface area contributed by atoms with Gasteiger partial charge in [-0.1, -0.05) is 43.4 Å². The standard InChI is InChI=1S/C21H27N3O2S/c1-14-7-9-19(15(2)11-14)24-21(17-12-27(26)13-18(17)23-24)22-20(25)10-8-16-5-3-4-6-16/h7,9,11,16H,3-6,8,10,12-13H2,1-2H3,(H,22,25). The van der Waals surface area contributed by atoms with E-state index in [9.17, 15) is 9.00 Å². The highest BCUT2D eigenvalue weighted by atomic mass is 32.2. The number of fused-ring (bicyclic) bond motifs is 1. The van der Waals surface area contributed by atoms with Crippen molar-refractivity contribution < 1.29 is 9.00 Å². The van der Waals surface area contributed by atoms with Crippen LogP contribution in [0.2, 0.25) is 0 Å². The van der Waals surface area contributed by atoms with Crippen LogP contribution in [0, 0.1) is 19.8 Å². The van der Waals surface area contributed by atoms with Crippen LogP contribution in [-0.2, 0) is 27.1 Å². The average molecular weight is 386 g/mol. The number of hydrogen-bond acceptors (Lipinski definition) is 3. The number of amides is 1. The molecule has 2 heterocycles. The van der Waals surface area contributed by atoms with Crippen molar-refractivity contribution in [1.29, 1.82) is 0 Å². The Morgan fingerprint density at radius 1 is 1.26 bits per heavy atom. The van der Waals surface area contributed by atoms with Crippen molar-refractivity contribution >= 4 is 22.5 Å². The van der Waals surface area contributed by atoms with Gasteiger partial charge in [-0.25, -0.2) is 4.68 Å². The number of carbonyl (C=O) groups excluding carboxylic acids is 1. The quantitative estimate of drug-likeness (QED) is 0.840. The van der Waals surface area contributed by atoms with Crippen LogP contribution in [0.5, 0.6) is 0 Å². The van der Waals surface area contributed by atoms with E-state index in [1.807, 2.05) is 10.7 Å². The number of carbonyl (C=O) groups is 1. The van der Waals surface area contributed by atoms with Gasteiger partial charge in [-0.2, -0.15) is 5.10 Å². The Morgan fingerprint density at radius 2 is 2.04 bits per heavy atom. The van der Waals surface area contributed by atoms with Crippen LogP contribution < -0.4 is 5.32 Å². The zero-order chi connectivity index (χ0) is 19.0. The number of nitrogens with zero attached hydrogens (tertiary/aromatic N) is 2. The lowest BCUT2D eigenvalue weighted by Crippen LogP contribution is -2.17. The fourth-order valence-electron chi connectivity index (χ4n) is 4.30. The molecule has 5 nitrogen and oxygen atoms in total. The second-order valence-electron chi connectivity index (χ2n) is 7.94. The van der Waals surface area contributed by atoms with Gasteiger partial charge >= 0.3 is 0 Å². The monoisotopic (exact) mass is 385 g/mol. The van der Waals surface area contributed by atoms with Gasteiger partial charge < -0.3 is 5.32 Å². The molecular formula is C21H27N3O2S. The number of aryl methyl sites for hydroxylation is 2. The summed E-state index contributed by atoms with van der Waals surface area (Å²) in [6.45, 7) is 4.12. The Morgan fingerprint density at radius 3 is 2.78 bits per heavy atom. The fraction of sp³-hybridized carbons (Fsp3) is 0.524. The van der Waals surface area contributed by atoms with E-state index in [1.165, 1.54) is 31.2 Å². The highest BCUT2D eigenvalue weighted by Crippen LogP contribution is 2.33. The minimum absolute atomic E-state index is 0.0355. The lowest BCUT2D eigenvalue weighted by Gasteiger charge is -2.14. The molecule has 2 aromatic rings. The molecule has 1 aliphatic heterocycles. The summed E-state index contributed by atoms with van der Waals surface area (Å²) in [5.74, 6) is 2.38. The smallest absolute Gasteiger partial charge is 0.225 e. The first-order chi connectivity index (χ1) is 13.0. The van der Waals surface area contributed by atoms with Gasteiger partial charge in [0.05, 0.1) is 22.9 Å². The molecule has 1 saturated carbocycles. The van der Waals surface area contributed by atoms with Gasteiger partial charge in [-0.15, -0.1) is 0 Å². The third-order valence-electron chi connectivity index (χ3n) is 5.76. The lowest BCUT2D eigenvalue weighted by atomic mass is 10.0. The number of nitrogens with one attached hydrogen (secondary N) is 1. The zero-order valence-corrected chi connectivity index (χ0v) is 16.9. The molecule has 2 aliphatic rings. The second-order valence-corrected chi connectivity index (χ2v) is 9.40. The highest BCUT2D eigenvalue weighted by Gasteiger charge is 2.29. The van der Waals surface area contributed by atoms with Crippen LogP contribution in [0.15, 0.2) is 18.2 Å². The maximum absolute atomic E-state index is 12.6. The Hall–Kier alpha value is -1.95. The largest absolute Gasteiger partial charge is 0.310 e. The molecule has 6 heteroatoms. The first-order valence-corrected chi connectivity index (χ1v) is 11.3. The number of hydrogen-bond donors (Lipinski definition) is 1. The second kappa shape index (κ2) is 7.58.